The van der Waals surface area contributed by atoms with Crippen molar-refractivity contribution in [3.8, 4) is 0 Å². The van der Waals surface area contributed by atoms with E-state index in [-0.39, 0.29) is 0 Å². The summed E-state index contributed by atoms with van der Waals surface area (Å²) in [6.07, 6.45) is 0. The van der Waals surface area contributed by atoms with E-state index in [0.29, 0.717) is 5.69 Å². The van der Waals surface area contributed by atoms with E-state index in [9.17, 15) is 13.6 Å². The van der Waals surface area contributed by atoms with Gasteiger partial charge in [-0.1, -0.05) is 33.6 Å². The number of anilines is 1. The topological polar surface area (TPSA) is 29.1 Å². The Labute approximate surface area is 94.8 Å². The Bertz CT molecular complexity index is 351. The number of carbonyl (C=O) groups is 1. The Balaban J connectivity index is 2.71. The molecule has 2 nitrogen and oxygen atoms in total. The minimum atomic E-state index is -3.38. The molecule has 0 radical (unpaired) electrons. The van der Waals surface area contributed by atoms with Gasteiger partial charge >= 0.3 is 5.92 Å². The molecule has 5 heteroatoms. The first kappa shape index (κ1) is 12.1. The fourth-order valence-corrected chi connectivity index (χ4v) is 1.17. The Morgan fingerprint density at radius 3 is 2.40 bits per heavy atom. The number of rotatable bonds is 3. The molecule has 0 aromatic heterocycles. The van der Waals surface area contributed by atoms with Crippen LogP contribution in [0.2, 0.25) is 0 Å². The molecular weight excluding hydrogens is 268 g/mol. The summed E-state index contributed by atoms with van der Waals surface area (Å²) in [5.74, 6) is -4.69. The van der Waals surface area contributed by atoms with Crippen LogP contribution < -0.4 is 5.32 Å². The predicted molar refractivity (Wildman–Crippen MR) is 58.5 cm³/mol. The summed E-state index contributed by atoms with van der Waals surface area (Å²) in [5, 5.41) is 1.46. The number of benzene rings is 1. The summed E-state index contributed by atoms with van der Waals surface area (Å²) in [6.45, 7) is 1.87. The average molecular weight is 278 g/mol. The third kappa shape index (κ3) is 3.27. The van der Waals surface area contributed by atoms with E-state index in [1.807, 2.05) is 6.92 Å². The fraction of sp³-hybridized carbons (Fsp3) is 0.300. The number of halogens is 3. The van der Waals surface area contributed by atoms with Crippen LogP contribution in [-0.4, -0.2) is 17.2 Å². The fourth-order valence-electron chi connectivity index (χ4n) is 0.920. The van der Waals surface area contributed by atoms with Gasteiger partial charge in [-0.25, -0.2) is 0 Å². The SMILES string of the molecule is Cc1ccc(NC(=O)C(F)(F)CBr)cc1. The third-order valence-electron chi connectivity index (χ3n) is 1.81. The van der Waals surface area contributed by atoms with E-state index in [0.717, 1.165) is 5.56 Å². The highest BCUT2D eigenvalue weighted by atomic mass is 79.9. The van der Waals surface area contributed by atoms with Gasteiger partial charge < -0.3 is 5.32 Å². The number of carbonyl (C=O) groups excluding carboxylic acids is 1. The molecule has 0 heterocycles. The maximum Gasteiger partial charge on any atom is 0.334 e. The molecule has 1 rings (SSSR count). The summed E-state index contributed by atoms with van der Waals surface area (Å²) in [7, 11) is 0. The zero-order valence-corrected chi connectivity index (χ0v) is 9.64. The highest BCUT2D eigenvalue weighted by Gasteiger charge is 2.37. The van der Waals surface area contributed by atoms with Gasteiger partial charge in [-0.15, -0.1) is 0 Å². The monoisotopic (exact) mass is 277 g/mol. The number of nitrogens with one attached hydrogen (secondary N) is 1. The van der Waals surface area contributed by atoms with Crippen LogP contribution in [0.15, 0.2) is 24.3 Å². The molecule has 15 heavy (non-hydrogen) atoms. The van der Waals surface area contributed by atoms with Gasteiger partial charge in [0.2, 0.25) is 0 Å². The Morgan fingerprint density at radius 1 is 1.40 bits per heavy atom. The maximum absolute atomic E-state index is 12.9. The van der Waals surface area contributed by atoms with Crippen LogP contribution in [0.25, 0.3) is 0 Å². The van der Waals surface area contributed by atoms with Crippen molar-refractivity contribution in [2.24, 2.45) is 0 Å². The predicted octanol–water partition coefficient (Wildman–Crippen LogP) is 2.96. The van der Waals surface area contributed by atoms with E-state index in [2.05, 4.69) is 21.2 Å². The Hall–Kier alpha value is -0.970. The van der Waals surface area contributed by atoms with Crippen LogP contribution in [0.4, 0.5) is 14.5 Å². The van der Waals surface area contributed by atoms with Crippen LogP contribution in [0.3, 0.4) is 0 Å². The van der Waals surface area contributed by atoms with Crippen molar-refractivity contribution in [3.05, 3.63) is 29.8 Å². The molecule has 0 spiro atoms. The molecule has 82 valence electrons. The minimum Gasteiger partial charge on any atom is -0.321 e. The normalized spacial score (nSPS) is 11.2. The molecule has 0 saturated carbocycles. The van der Waals surface area contributed by atoms with Gasteiger partial charge in [-0.3, -0.25) is 4.79 Å². The first-order chi connectivity index (χ1) is 6.95. The highest BCUT2D eigenvalue weighted by Crippen LogP contribution is 2.19. The number of hydrogen-bond acceptors (Lipinski definition) is 1. The number of aryl methyl sites for hydroxylation is 1. The number of amides is 1. The maximum atomic E-state index is 12.9. The first-order valence-corrected chi connectivity index (χ1v) is 5.40. The van der Waals surface area contributed by atoms with E-state index in [1.54, 1.807) is 24.3 Å². The van der Waals surface area contributed by atoms with Gasteiger partial charge in [-0.2, -0.15) is 8.78 Å². The van der Waals surface area contributed by atoms with Gasteiger partial charge in [-0.05, 0) is 19.1 Å². The summed E-state index contributed by atoms with van der Waals surface area (Å²) < 4.78 is 25.7. The van der Waals surface area contributed by atoms with Crippen LogP contribution in [0.1, 0.15) is 5.56 Å². The zero-order chi connectivity index (χ0) is 11.5. The van der Waals surface area contributed by atoms with Crippen LogP contribution in [-0.2, 0) is 4.79 Å². The van der Waals surface area contributed by atoms with E-state index in [1.165, 1.54) is 0 Å². The van der Waals surface area contributed by atoms with Crippen molar-refractivity contribution >= 4 is 27.5 Å². The van der Waals surface area contributed by atoms with Crippen molar-refractivity contribution in [1.82, 2.24) is 0 Å². The second-order valence-corrected chi connectivity index (χ2v) is 3.72. The van der Waals surface area contributed by atoms with Gasteiger partial charge in [0, 0.05) is 5.69 Å². The van der Waals surface area contributed by atoms with Gasteiger partial charge in [0.1, 0.15) is 0 Å². The molecule has 0 aliphatic carbocycles. The van der Waals surface area contributed by atoms with Crippen molar-refractivity contribution in [1.29, 1.82) is 0 Å². The molecular formula is C10H10BrF2NO. The molecule has 0 atom stereocenters. The average Bonchev–Trinajstić information content (AvgIpc) is 2.21. The molecule has 1 amide bonds. The van der Waals surface area contributed by atoms with E-state index < -0.39 is 17.2 Å². The highest BCUT2D eigenvalue weighted by molar-refractivity contribution is 9.09. The zero-order valence-electron chi connectivity index (χ0n) is 8.06. The second kappa shape index (κ2) is 4.70. The van der Waals surface area contributed by atoms with Crippen molar-refractivity contribution in [2.75, 3.05) is 10.6 Å². The second-order valence-electron chi connectivity index (χ2n) is 3.16. The summed E-state index contributed by atoms with van der Waals surface area (Å²) in [5.41, 5.74) is 1.37. The third-order valence-corrected chi connectivity index (χ3v) is 2.51. The van der Waals surface area contributed by atoms with Crippen LogP contribution >= 0.6 is 15.9 Å². The summed E-state index contributed by atoms with van der Waals surface area (Å²) in [4.78, 5) is 11.1. The first-order valence-electron chi connectivity index (χ1n) is 4.27. The Kier molecular flexibility index (Phi) is 3.79. The lowest BCUT2D eigenvalue weighted by molar-refractivity contribution is -0.136. The van der Waals surface area contributed by atoms with Crippen molar-refractivity contribution < 1.29 is 13.6 Å². The Morgan fingerprint density at radius 2 is 1.93 bits per heavy atom. The standard InChI is InChI=1S/C10H10BrF2NO/c1-7-2-4-8(5-3-7)14-9(15)10(12,13)6-11/h2-5H,6H2,1H3,(H,14,15). The molecule has 0 unspecified atom stereocenters. The summed E-state index contributed by atoms with van der Waals surface area (Å²) in [6, 6.07) is 6.64. The lowest BCUT2D eigenvalue weighted by Crippen LogP contribution is -2.35. The van der Waals surface area contributed by atoms with Crippen LogP contribution in [0.5, 0.6) is 0 Å². The van der Waals surface area contributed by atoms with Crippen LogP contribution in [0, 0.1) is 6.92 Å². The lowest BCUT2D eigenvalue weighted by atomic mass is 10.2. The van der Waals surface area contributed by atoms with E-state index >= 15 is 0 Å². The van der Waals surface area contributed by atoms with Gasteiger partial charge in [0.15, 0.2) is 0 Å². The molecule has 0 fully saturated rings. The largest absolute Gasteiger partial charge is 0.334 e. The van der Waals surface area contributed by atoms with Gasteiger partial charge in [0.25, 0.3) is 5.91 Å². The molecule has 1 aromatic rings. The molecule has 0 aliphatic rings. The molecule has 1 aromatic carbocycles. The minimum absolute atomic E-state index is 0.367. The van der Waals surface area contributed by atoms with Crippen molar-refractivity contribution in [2.45, 2.75) is 12.8 Å². The smallest absolute Gasteiger partial charge is 0.321 e. The van der Waals surface area contributed by atoms with E-state index in [4.69, 9.17) is 0 Å². The molecule has 0 saturated heterocycles. The van der Waals surface area contributed by atoms with Crippen molar-refractivity contribution in [3.63, 3.8) is 0 Å². The molecule has 0 aliphatic heterocycles. The summed E-state index contributed by atoms with van der Waals surface area (Å²) >= 11 is 2.59. The lowest BCUT2D eigenvalue weighted by Gasteiger charge is -2.12. The quantitative estimate of drug-likeness (QED) is 0.846. The molecule has 0 bridgehead atoms. The molecule has 1 N–H and O–H groups in total. The number of alkyl halides is 3. The number of hydrogen-bond donors (Lipinski definition) is 1. The van der Waals surface area contributed by atoms with Gasteiger partial charge in [0.05, 0.1) is 5.33 Å².